The van der Waals surface area contributed by atoms with Gasteiger partial charge in [-0.2, -0.15) is 0 Å². The maximum atomic E-state index is 6.63. The van der Waals surface area contributed by atoms with Crippen molar-refractivity contribution in [1.29, 1.82) is 0 Å². The quantitative estimate of drug-likeness (QED) is 0.188. The Balaban J connectivity index is 1.43. The zero-order chi connectivity index (χ0) is 29.6. The van der Waals surface area contributed by atoms with Gasteiger partial charge in [-0.25, -0.2) is 0 Å². The van der Waals surface area contributed by atoms with Gasteiger partial charge in [0.2, 0.25) is 0 Å². The summed E-state index contributed by atoms with van der Waals surface area (Å²) < 4.78 is 6.63. The minimum absolute atomic E-state index is 0.0218. The van der Waals surface area contributed by atoms with Crippen molar-refractivity contribution >= 4 is 55.2 Å². The molecule has 2 unspecified atom stereocenters. The van der Waals surface area contributed by atoms with Gasteiger partial charge < -0.3 is 4.42 Å². The van der Waals surface area contributed by atoms with Crippen LogP contribution >= 0.6 is 11.8 Å². The second-order valence-electron chi connectivity index (χ2n) is 13.2. The molecule has 0 N–H and O–H groups in total. The Morgan fingerprint density at radius 2 is 1.25 bits per heavy atom. The van der Waals surface area contributed by atoms with Gasteiger partial charge in [-0.05, 0) is 61.3 Å². The Bertz CT molecular complexity index is 2360. The van der Waals surface area contributed by atoms with E-state index in [4.69, 9.17) is 4.42 Å². The number of furan rings is 1. The zero-order valence-corrected chi connectivity index (χ0v) is 25.9. The lowest BCUT2D eigenvalue weighted by Gasteiger charge is -2.23. The van der Waals surface area contributed by atoms with Crippen molar-refractivity contribution in [2.75, 3.05) is 0 Å². The fraction of sp³-hybridized carbons (Fsp3) is 0.143. The summed E-state index contributed by atoms with van der Waals surface area (Å²) in [6.07, 6.45) is 9.15. The number of fused-ring (bicyclic) bond motifs is 8. The number of hydrogen-bond acceptors (Lipinski definition) is 2. The topological polar surface area (TPSA) is 13.1 Å². The maximum Gasteiger partial charge on any atom is 0.143 e. The van der Waals surface area contributed by atoms with E-state index in [1.807, 2.05) is 11.8 Å². The van der Waals surface area contributed by atoms with Crippen molar-refractivity contribution in [3.05, 3.63) is 139 Å². The van der Waals surface area contributed by atoms with Crippen LogP contribution in [0.4, 0.5) is 0 Å². The van der Waals surface area contributed by atoms with Gasteiger partial charge in [0.25, 0.3) is 0 Å². The van der Waals surface area contributed by atoms with Gasteiger partial charge in [0.1, 0.15) is 11.2 Å². The van der Waals surface area contributed by atoms with Gasteiger partial charge in [0, 0.05) is 38.0 Å². The molecule has 2 heteroatoms. The molecule has 7 aromatic rings. The molecular formula is C42H32OS. The predicted molar refractivity (Wildman–Crippen MR) is 189 cm³/mol. The van der Waals surface area contributed by atoms with Crippen molar-refractivity contribution in [2.45, 2.75) is 42.2 Å². The summed E-state index contributed by atoms with van der Waals surface area (Å²) in [5.74, 6) is 0.424. The number of hydrogen-bond donors (Lipinski definition) is 0. The van der Waals surface area contributed by atoms with E-state index in [2.05, 4.69) is 148 Å². The molecular weight excluding hydrogens is 553 g/mol. The average molecular weight is 585 g/mol. The summed E-state index contributed by atoms with van der Waals surface area (Å²) >= 11 is 2.02. The fourth-order valence-electron chi connectivity index (χ4n) is 7.43. The first-order chi connectivity index (χ1) is 21.5. The van der Waals surface area contributed by atoms with Crippen LogP contribution in [0.2, 0.25) is 0 Å². The van der Waals surface area contributed by atoms with Crippen molar-refractivity contribution in [3.8, 4) is 22.3 Å². The molecule has 1 aliphatic carbocycles. The summed E-state index contributed by atoms with van der Waals surface area (Å²) in [4.78, 5) is 1.42. The molecule has 0 saturated heterocycles. The lowest BCUT2D eigenvalue weighted by Crippen LogP contribution is -2.10. The van der Waals surface area contributed by atoms with Gasteiger partial charge in [-0.3, -0.25) is 0 Å². The third-order valence-electron chi connectivity index (χ3n) is 9.58. The van der Waals surface area contributed by atoms with Crippen LogP contribution in [0.15, 0.2) is 137 Å². The summed E-state index contributed by atoms with van der Waals surface area (Å²) in [7, 11) is 0. The van der Waals surface area contributed by atoms with Crippen molar-refractivity contribution in [2.24, 2.45) is 0 Å². The highest BCUT2D eigenvalue weighted by atomic mass is 32.2. The van der Waals surface area contributed by atoms with Crippen LogP contribution in [0.5, 0.6) is 0 Å². The number of allylic oxidation sites excluding steroid dienone is 3. The molecule has 212 valence electrons. The Kier molecular flexibility index (Phi) is 5.59. The fourth-order valence-corrected chi connectivity index (χ4v) is 8.89. The SMILES string of the molecule is CC(C)(C)c1ccc2c(-c3cccc4c3oc3ccccc34)c3ccccc3c(-c3cccc4c3SC3C=CC=CC43)c2c1. The summed E-state index contributed by atoms with van der Waals surface area (Å²) in [6, 6.07) is 38.1. The summed E-state index contributed by atoms with van der Waals surface area (Å²) in [5.41, 5.74) is 9.74. The van der Waals surface area contributed by atoms with Crippen LogP contribution < -0.4 is 0 Å². The van der Waals surface area contributed by atoms with Gasteiger partial charge in [-0.15, -0.1) is 11.8 Å². The molecule has 0 amide bonds. The van der Waals surface area contributed by atoms with E-state index in [0.29, 0.717) is 11.2 Å². The molecule has 6 aromatic carbocycles. The third-order valence-corrected chi connectivity index (χ3v) is 11.0. The lowest BCUT2D eigenvalue weighted by molar-refractivity contribution is 0.591. The van der Waals surface area contributed by atoms with Crippen LogP contribution in [0.3, 0.4) is 0 Å². The molecule has 0 radical (unpaired) electrons. The van der Waals surface area contributed by atoms with Crippen molar-refractivity contribution in [3.63, 3.8) is 0 Å². The van der Waals surface area contributed by atoms with E-state index in [1.54, 1.807) is 0 Å². The molecule has 2 atom stereocenters. The van der Waals surface area contributed by atoms with Crippen LogP contribution in [0, 0.1) is 0 Å². The minimum atomic E-state index is 0.0218. The number of thioether (sulfide) groups is 1. The first-order valence-corrected chi connectivity index (χ1v) is 16.4. The molecule has 1 aliphatic heterocycles. The van der Waals surface area contributed by atoms with E-state index >= 15 is 0 Å². The molecule has 9 rings (SSSR count). The zero-order valence-electron chi connectivity index (χ0n) is 25.1. The Labute approximate surface area is 261 Å². The first kappa shape index (κ1) is 25.9. The Hall–Kier alpha value is -4.53. The molecule has 0 bridgehead atoms. The molecule has 0 spiro atoms. The number of benzene rings is 6. The van der Waals surface area contributed by atoms with Crippen LogP contribution in [0.25, 0.3) is 65.7 Å². The average Bonchev–Trinajstić information content (AvgIpc) is 3.62. The standard InChI is InChI=1S/C42H32OS/c1-42(2,3)25-22-23-30-35(24-25)39(34-19-11-17-32-27-13-7-9-21-37(27)44-41(32)34)29-15-5-4-14-28(29)38(30)33-18-10-16-31-26-12-6-8-20-36(26)43-40(31)33/h4-24,27,37H,1-3H3. The predicted octanol–water partition coefficient (Wildman–Crippen LogP) is 12.2. The van der Waals surface area contributed by atoms with Crippen LogP contribution in [-0.4, -0.2) is 5.25 Å². The van der Waals surface area contributed by atoms with E-state index in [-0.39, 0.29) is 5.41 Å². The number of para-hydroxylation sites is 2. The van der Waals surface area contributed by atoms with Gasteiger partial charge >= 0.3 is 0 Å². The maximum absolute atomic E-state index is 6.63. The molecule has 0 fully saturated rings. The monoisotopic (exact) mass is 584 g/mol. The number of rotatable bonds is 2. The highest BCUT2D eigenvalue weighted by molar-refractivity contribution is 8.00. The van der Waals surface area contributed by atoms with E-state index in [9.17, 15) is 0 Å². The Morgan fingerprint density at radius 1 is 0.591 bits per heavy atom. The summed E-state index contributed by atoms with van der Waals surface area (Å²) in [6.45, 7) is 6.93. The van der Waals surface area contributed by atoms with Crippen LogP contribution in [0.1, 0.15) is 37.8 Å². The molecule has 1 nitrogen and oxygen atoms in total. The second-order valence-corrected chi connectivity index (χ2v) is 14.4. The van der Waals surface area contributed by atoms with Crippen molar-refractivity contribution < 1.29 is 4.42 Å². The third kappa shape index (κ3) is 3.74. The molecule has 2 heterocycles. The molecule has 44 heavy (non-hydrogen) atoms. The van der Waals surface area contributed by atoms with E-state index < -0.39 is 0 Å². The van der Waals surface area contributed by atoms with E-state index in [1.165, 1.54) is 54.3 Å². The lowest BCUT2D eigenvalue weighted by atomic mass is 9.80. The molecule has 2 aliphatic rings. The summed E-state index contributed by atoms with van der Waals surface area (Å²) in [5, 5.41) is 7.86. The molecule has 1 aromatic heterocycles. The van der Waals surface area contributed by atoms with Crippen LogP contribution in [-0.2, 0) is 5.41 Å². The van der Waals surface area contributed by atoms with Gasteiger partial charge in [-0.1, -0.05) is 136 Å². The van der Waals surface area contributed by atoms with E-state index in [0.717, 1.165) is 27.5 Å². The first-order valence-electron chi connectivity index (χ1n) is 15.5. The minimum Gasteiger partial charge on any atom is -0.455 e. The Morgan fingerprint density at radius 3 is 2.07 bits per heavy atom. The van der Waals surface area contributed by atoms with Gasteiger partial charge in [0.15, 0.2) is 0 Å². The normalized spacial score (nSPS) is 17.6. The largest absolute Gasteiger partial charge is 0.455 e. The highest BCUT2D eigenvalue weighted by Crippen LogP contribution is 2.54. The molecule has 0 saturated carbocycles. The highest BCUT2D eigenvalue weighted by Gasteiger charge is 2.34. The smallest absolute Gasteiger partial charge is 0.143 e. The van der Waals surface area contributed by atoms with Crippen molar-refractivity contribution in [1.82, 2.24) is 0 Å². The second kappa shape index (κ2) is 9.48. The van der Waals surface area contributed by atoms with Gasteiger partial charge in [0.05, 0.1) is 0 Å².